The summed E-state index contributed by atoms with van der Waals surface area (Å²) in [5.41, 5.74) is 3.28. The Morgan fingerprint density at radius 3 is 2.65 bits per heavy atom. The summed E-state index contributed by atoms with van der Waals surface area (Å²) in [6, 6.07) is 15.0. The molecule has 3 aromatic rings. The number of pyridine rings is 1. The Kier molecular flexibility index (Phi) is 5.23. The zero-order chi connectivity index (χ0) is 17.9. The van der Waals surface area contributed by atoms with Gasteiger partial charge in [-0.3, -0.25) is 0 Å². The molecular formula is C21H25ClN4. The highest BCUT2D eigenvalue weighted by atomic mass is 35.5. The van der Waals surface area contributed by atoms with Gasteiger partial charge in [0.25, 0.3) is 0 Å². The number of nitrogens with zero attached hydrogens (tertiary/aromatic N) is 4. The van der Waals surface area contributed by atoms with Crippen LogP contribution < -0.4 is 0 Å². The quantitative estimate of drug-likeness (QED) is 0.599. The van der Waals surface area contributed by atoms with Crippen LogP contribution in [0.3, 0.4) is 0 Å². The number of rotatable bonds is 5. The fourth-order valence-electron chi connectivity index (χ4n) is 3.90. The van der Waals surface area contributed by atoms with Gasteiger partial charge in [0, 0.05) is 19.1 Å². The maximum atomic E-state index is 6.07. The summed E-state index contributed by atoms with van der Waals surface area (Å²) in [5.74, 6) is 0.609. The second-order valence-electron chi connectivity index (χ2n) is 7.30. The molecule has 0 spiro atoms. The minimum atomic E-state index is 0.466. The van der Waals surface area contributed by atoms with Gasteiger partial charge < -0.3 is 9.47 Å². The van der Waals surface area contributed by atoms with Gasteiger partial charge in [-0.25, -0.2) is 9.97 Å². The molecule has 4 rings (SSSR count). The smallest absolute Gasteiger partial charge is 0.161 e. The van der Waals surface area contributed by atoms with Gasteiger partial charge >= 0.3 is 0 Å². The number of hydrogen-bond donors (Lipinski definition) is 0. The first-order valence-corrected chi connectivity index (χ1v) is 9.85. The number of fused-ring (bicyclic) bond motifs is 1. The van der Waals surface area contributed by atoms with E-state index < -0.39 is 0 Å². The monoisotopic (exact) mass is 368 g/mol. The lowest BCUT2D eigenvalue weighted by molar-refractivity contribution is 0.183. The van der Waals surface area contributed by atoms with Crippen molar-refractivity contribution in [2.24, 2.45) is 0 Å². The fourth-order valence-corrected chi connectivity index (χ4v) is 4.04. The largest absolute Gasteiger partial charge is 0.312 e. The van der Waals surface area contributed by atoms with E-state index in [0.29, 0.717) is 17.1 Å². The molecule has 1 fully saturated rings. The highest BCUT2D eigenvalue weighted by molar-refractivity contribution is 6.29. The first kappa shape index (κ1) is 17.5. The van der Waals surface area contributed by atoms with Crippen LogP contribution in [0.4, 0.5) is 0 Å². The molecule has 1 aliphatic heterocycles. The summed E-state index contributed by atoms with van der Waals surface area (Å²) in [5, 5.41) is 0.534. The van der Waals surface area contributed by atoms with Crippen molar-refractivity contribution < 1.29 is 0 Å². The molecule has 0 saturated carbocycles. The molecule has 26 heavy (non-hydrogen) atoms. The number of hydrogen-bond acceptors (Lipinski definition) is 3. The third-order valence-corrected chi connectivity index (χ3v) is 5.79. The zero-order valence-corrected chi connectivity index (χ0v) is 15.9. The molecule has 1 unspecified atom stereocenters. The summed E-state index contributed by atoms with van der Waals surface area (Å²) in [6.07, 6.45) is 5.41. The van der Waals surface area contributed by atoms with Gasteiger partial charge in [0.2, 0.25) is 0 Å². The van der Waals surface area contributed by atoms with E-state index in [-0.39, 0.29) is 0 Å². The molecule has 0 bridgehead atoms. The van der Waals surface area contributed by atoms with Crippen molar-refractivity contribution >= 4 is 22.8 Å². The van der Waals surface area contributed by atoms with E-state index in [2.05, 4.69) is 56.7 Å². The molecular weight excluding hydrogens is 344 g/mol. The van der Waals surface area contributed by atoms with E-state index in [1.165, 1.54) is 12.0 Å². The van der Waals surface area contributed by atoms with Crippen molar-refractivity contribution in [3.05, 3.63) is 59.5 Å². The predicted molar refractivity (Wildman–Crippen MR) is 107 cm³/mol. The SMILES string of the molecule is CC(CCN1CCC(n2cnc3ccc(Cl)nc32)CC1)c1ccccc1. The van der Waals surface area contributed by atoms with Crippen LogP contribution in [0.2, 0.25) is 5.15 Å². The Bertz CT molecular complexity index is 853. The van der Waals surface area contributed by atoms with E-state index in [0.717, 1.165) is 43.6 Å². The predicted octanol–water partition coefficient (Wildman–Crippen LogP) is 4.92. The van der Waals surface area contributed by atoms with Crippen molar-refractivity contribution in [3.8, 4) is 0 Å². The Morgan fingerprint density at radius 2 is 1.88 bits per heavy atom. The van der Waals surface area contributed by atoms with Gasteiger partial charge in [-0.15, -0.1) is 0 Å². The fraction of sp³-hybridized carbons (Fsp3) is 0.429. The number of likely N-dealkylation sites (tertiary alicyclic amines) is 1. The topological polar surface area (TPSA) is 34.0 Å². The van der Waals surface area contributed by atoms with Crippen LogP contribution in [0.5, 0.6) is 0 Å². The second-order valence-corrected chi connectivity index (χ2v) is 7.69. The van der Waals surface area contributed by atoms with Gasteiger partial charge in [-0.1, -0.05) is 48.9 Å². The van der Waals surface area contributed by atoms with Gasteiger partial charge in [-0.2, -0.15) is 0 Å². The van der Waals surface area contributed by atoms with Crippen molar-refractivity contribution in [1.82, 2.24) is 19.4 Å². The highest BCUT2D eigenvalue weighted by Gasteiger charge is 2.22. The summed E-state index contributed by atoms with van der Waals surface area (Å²) in [6.45, 7) is 5.76. The normalized spacial score (nSPS) is 17.6. The molecule has 1 saturated heterocycles. The van der Waals surface area contributed by atoms with E-state index in [1.54, 1.807) is 6.07 Å². The second kappa shape index (κ2) is 7.77. The number of benzene rings is 1. The zero-order valence-electron chi connectivity index (χ0n) is 15.2. The van der Waals surface area contributed by atoms with Crippen LogP contribution in [0.25, 0.3) is 11.2 Å². The molecule has 4 nitrogen and oxygen atoms in total. The third-order valence-electron chi connectivity index (χ3n) is 5.58. The third kappa shape index (κ3) is 3.76. The lowest BCUT2D eigenvalue weighted by atomic mass is 9.97. The summed E-state index contributed by atoms with van der Waals surface area (Å²) >= 11 is 6.07. The van der Waals surface area contributed by atoms with E-state index in [4.69, 9.17) is 11.6 Å². The van der Waals surface area contributed by atoms with Crippen molar-refractivity contribution in [2.45, 2.75) is 38.1 Å². The van der Waals surface area contributed by atoms with Crippen LogP contribution in [0.1, 0.15) is 43.7 Å². The molecule has 2 aromatic heterocycles. The summed E-state index contributed by atoms with van der Waals surface area (Å²) in [7, 11) is 0. The molecule has 0 amide bonds. The van der Waals surface area contributed by atoms with Gasteiger partial charge in [-0.05, 0) is 49.4 Å². The maximum Gasteiger partial charge on any atom is 0.161 e. The number of piperidine rings is 1. The van der Waals surface area contributed by atoms with Crippen LogP contribution >= 0.6 is 11.6 Å². The van der Waals surface area contributed by atoms with Crippen LogP contribution in [-0.4, -0.2) is 39.1 Å². The molecule has 0 radical (unpaired) electrons. The van der Waals surface area contributed by atoms with Gasteiger partial charge in [0.05, 0.1) is 6.33 Å². The summed E-state index contributed by atoms with van der Waals surface area (Å²) in [4.78, 5) is 11.5. The van der Waals surface area contributed by atoms with Gasteiger partial charge in [0.15, 0.2) is 5.65 Å². The van der Waals surface area contributed by atoms with Crippen LogP contribution in [0, 0.1) is 0 Å². The van der Waals surface area contributed by atoms with E-state index >= 15 is 0 Å². The Labute approximate surface area is 159 Å². The first-order valence-electron chi connectivity index (χ1n) is 9.47. The van der Waals surface area contributed by atoms with E-state index in [9.17, 15) is 0 Å². The Hall–Kier alpha value is -1.91. The lowest BCUT2D eigenvalue weighted by Gasteiger charge is -2.33. The number of imidazole rings is 1. The average Bonchev–Trinajstić information content (AvgIpc) is 3.10. The number of aromatic nitrogens is 3. The Balaban J connectivity index is 1.33. The maximum absolute atomic E-state index is 6.07. The minimum absolute atomic E-state index is 0.466. The minimum Gasteiger partial charge on any atom is -0.312 e. The van der Waals surface area contributed by atoms with E-state index in [1.807, 2.05) is 12.4 Å². The average molecular weight is 369 g/mol. The number of halogens is 1. The van der Waals surface area contributed by atoms with Crippen LogP contribution in [-0.2, 0) is 0 Å². The molecule has 1 atom stereocenters. The summed E-state index contributed by atoms with van der Waals surface area (Å²) < 4.78 is 2.21. The van der Waals surface area contributed by atoms with Crippen molar-refractivity contribution in [3.63, 3.8) is 0 Å². The van der Waals surface area contributed by atoms with Crippen molar-refractivity contribution in [1.29, 1.82) is 0 Å². The molecule has 0 aliphatic carbocycles. The molecule has 136 valence electrons. The van der Waals surface area contributed by atoms with Crippen molar-refractivity contribution in [2.75, 3.05) is 19.6 Å². The van der Waals surface area contributed by atoms with Gasteiger partial charge in [0.1, 0.15) is 10.7 Å². The van der Waals surface area contributed by atoms with Crippen LogP contribution in [0.15, 0.2) is 48.8 Å². The first-order chi connectivity index (χ1) is 12.7. The highest BCUT2D eigenvalue weighted by Crippen LogP contribution is 2.27. The lowest BCUT2D eigenvalue weighted by Crippen LogP contribution is -2.35. The molecule has 1 aromatic carbocycles. The Morgan fingerprint density at radius 1 is 1.12 bits per heavy atom. The molecule has 3 heterocycles. The molecule has 0 N–H and O–H groups in total. The standard InChI is InChI=1S/C21H25ClN4/c1-16(17-5-3-2-4-6-17)9-12-25-13-10-18(11-14-25)26-15-23-19-7-8-20(22)24-21(19)26/h2-8,15-16,18H,9-14H2,1H3. The molecule has 1 aliphatic rings. The molecule has 5 heteroatoms.